The van der Waals surface area contributed by atoms with Crippen LogP contribution < -0.4 is 10.5 Å². The molecule has 3 rings (SSSR count). The van der Waals surface area contributed by atoms with Gasteiger partial charge in [-0.05, 0) is 24.3 Å². The minimum atomic E-state index is -0.767. The molecule has 0 unspecified atom stereocenters. The summed E-state index contributed by atoms with van der Waals surface area (Å²) in [6, 6.07) is 10.7. The number of phenols is 1. The predicted molar refractivity (Wildman–Crippen MR) is 115 cm³/mol. The standard InChI is InChI=1S/C20H17N5O4S/c1-2-9-22-20-24(23-11-14-5-3-4-6-16(14)25(28)29)17(12-30-20)13-7-8-18(26)15(10-13)19(21)27/h2-8,10-12,26H,1,9H2,(H2,21,27)/b22-20?,23-11+. The van der Waals surface area contributed by atoms with Gasteiger partial charge >= 0.3 is 0 Å². The lowest BCUT2D eigenvalue weighted by Gasteiger charge is -2.06. The molecule has 3 aromatic rings. The first-order valence-corrected chi connectivity index (χ1v) is 9.53. The molecule has 0 radical (unpaired) electrons. The van der Waals surface area contributed by atoms with Gasteiger partial charge in [0.05, 0.1) is 34.5 Å². The molecule has 30 heavy (non-hydrogen) atoms. The van der Waals surface area contributed by atoms with Crippen molar-refractivity contribution in [2.75, 3.05) is 6.54 Å². The largest absolute Gasteiger partial charge is 0.507 e. The molecule has 0 saturated heterocycles. The molecule has 152 valence electrons. The van der Waals surface area contributed by atoms with E-state index in [-0.39, 0.29) is 17.0 Å². The Hall–Kier alpha value is -4.05. The number of hydrogen-bond donors (Lipinski definition) is 2. The first-order chi connectivity index (χ1) is 14.4. The van der Waals surface area contributed by atoms with Gasteiger partial charge in [-0.1, -0.05) is 18.2 Å². The van der Waals surface area contributed by atoms with Crippen molar-refractivity contribution in [3.05, 3.63) is 86.5 Å². The van der Waals surface area contributed by atoms with Gasteiger partial charge < -0.3 is 10.8 Å². The summed E-state index contributed by atoms with van der Waals surface area (Å²) in [7, 11) is 0. The summed E-state index contributed by atoms with van der Waals surface area (Å²) in [6.07, 6.45) is 3.00. The number of primary amides is 1. The summed E-state index contributed by atoms with van der Waals surface area (Å²) in [5, 5.41) is 27.3. The highest BCUT2D eigenvalue weighted by Gasteiger charge is 2.14. The van der Waals surface area contributed by atoms with Gasteiger partial charge in [-0.15, -0.1) is 17.9 Å². The van der Waals surface area contributed by atoms with Crippen molar-refractivity contribution in [2.45, 2.75) is 0 Å². The second-order valence-corrected chi connectivity index (χ2v) is 6.84. The summed E-state index contributed by atoms with van der Waals surface area (Å²) in [5.74, 6) is -0.996. The Labute approximate surface area is 174 Å². The molecule has 0 bridgehead atoms. The number of para-hydroxylation sites is 1. The van der Waals surface area contributed by atoms with Crippen molar-refractivity contribution in [1.82, 2.24) is 4.68 Å². The highest BCUT2D eigenvalue weighted by molar-refractivity contribution is 7.07. The first-order valence-electron chi connectivity index (χ1n) is 8.65. The number of nitrogens with two attached hydrogens (primary N) is 1. The zero-order valence-corrected chi connectivity index (χ0v) is 16.5. The molecule has 1 aromatic heterocycles. The first kappa shape index (κ1) is 20.7. The monoisotopic (exact) mass is 423 g/mol. The molecule has 0 aliphatic carbocycles. The van der Waals surface area contributed by atoms with E-state index in [1.165, 1.54) is 40.4 Å². The van der Waals surface area contributed by atoms with Gasteiger partial charge in [-0.2, -0.15) is 5.10 Å². The molecule has 0 spiro atoms. The minimum Gasteiger partial charge on any atom is -0.507 e. The highest BCUT2D eigenvalue weighted by Crippen LogP contribution is 2.26. The minimum absolute atomic E-state index is 0.0301. The molecule has 1 heterocycles. The van der Waals surface area contributed by atoms with Crippen LogP contribution >= 0.6 is 11.3 Å². The maximum atomic E-state index is 11.6. The number of carbonyl (C=O) groups is 1. The lowest BCUT2D eigenvalue weighted by Crippen LogP contribution is -2.14. The van der Waals surface area contributed by atoms with Crippen LogP contribution in [0.25, 0.3) is 11.3 Å². The smallest absolute Gasteiger partial charge is 0.278 e. The van der Waals surface area contributed by atoms with Gasteiger partial charge in [-0.25, -0.2) is 4.68 Å². The third-order valence-corrected chi connectivity index (χ3v) is 4.90. The highest BCUT2D eigenvalue weighted by atomic mass is 32.1. The van der Waals surface area contributed by atoms with E-state index in [0.717, 1.165) is 0 Å². The lowest BCUT2D eigenvalue weighted by atomic mass is 10.1. The van der Waals surface area contributed by atoms with Gasteiger partial charge in [0, 0.05) is 17.0 Å². The Morgan fingerprint density at radius 2 is 2.10 bits per heavy atom. The number of thiazole rings is 1. The SMILES string of the molecule is C=CCN=c1scc(-c2ccc(O)c(C(N)=O)c2)n1/N=C/c1ccccc1[N+](=O)[O-]. The van der Waals surface area contributed by atoms with Crippen molar-refractivity contribution in [3.63, 3.8) is 0 Å². The number of hydrogen-bond acceptors (Lipinski definition) is 7. The van der Waals surface area contributed by atoms with E-state index in [9.17, 15) is 20.0 Å². The molecule has 1 amide bonds. The van der Waals surface area contributed by atoms with E-state index >= 15 is 0 Å². The molecule has 3 N–H and O–H groups in total. The Morgan fingerprint density at radius 1 is 1.33 bits per heavy atom. The molecule has 0 aliphatic heterocycles. The summed E-state index contributed by atoms with van der Waals surface area (Å²) < 4.78 is 1.50. The van der Waals surface area contributed by atoms with Crippen LogP contribution in [-0.2, 0) is 0 Å². The number of rotatable bonds is 7. The fourth-order valence-electron chi connectivity index (χ4n) is 2.64. The van der Waals surface area contributed by atoms with E-state index in [2.05, 4.69) is 16.7 Å². The predicted octanol–water partition coefficient (Wildman–Crippen LogP) is 2.90. The topological polar surface area (TPSA) is 136 Å². The number of nitrogens with zero attached hydrogens (tertiary/aromatic N) is 4. The maximum absolute atomic E-state index is 11.6. The molecule has 10 heteroatoms. The second kappa shape index (κ2) is 8.97. The number of carbonyl (C=O) groups excluding carboxylic acids is 1. The fourth-order valence-corrected chi connectivity index (χ4v) is 3.48. The quantitative estimate of drug-likeness (QED) is 0.261. The van der Waals surface area contributed by atoms with Crippen molar-refractivity contribution in [3.8, 4) is 17.0 Å². The van der Waals surface area contributed by atoms with Crippen LogP contribution in [0.1, 0.15) is 15.9 Å². The van der Waals surface area contributed by atoms with Crippen LogP contribution in [0.4, 0.5) is 5.69 Å². The Morgan fingerprint density at radius 3 is 2.80 bits per heavy atom. The summed E-state index contributed by atoms with van der Waals surface area (Å²) in [4.78, 5) is 27.3. The average Bonchev–Trinajstić information content (AvgIpc) is 3.13. The van der Waals surface area contributed by atoms with Crippen LogP contribution in [0.2, 0.25) is 0 Å². The van der Waals surface area contributed by atoms with Crippen molar-refractivity contribution < 1.29 is 14.8 Å². The van der Waals surface area contributed by atoms with E-state index < -0.39 is 10.8 Å². The van der Waals surface area contributed by atoms with Gasteiger partial charge in [0.15, 0.2) is 0 Å². The van der Waals surface area contributed by atoms with Crippen LogP contribution in [0.3, 0.4) is 0 Å². The average molecular weight is 423 g/mol. The molecule has 2 aromatic carbocycles. The molecular weight excluding hydrogens is 406 g/mol. The number of aromatic hydroxyl groups is 1. The van der Waals surface area contributed by atoms with E-state index in [1.54, 1.807) is 35.7 Å². The van der Waals surface area contributed by atoms with Crippen LogP contribution in [-0.4, -0.2) is 33.4 Å². The third kappa shape index (κ3) is 4.33. The van der Waals surface area contributed by atoms with E-state index in [0.29, 0.717) is 28.2 Å². The van der Waals surface area contributed by atoms with Gasteiger partial charge in [0.2, 0.25) is 4.80 Å². The number of nitro benzene ring substituents is 1. The number of aromatic nitrogens is 1. The van der Waals surface area contributed by atoms with Crippen molar-refractivity contribution in [1.29, 1.82) is 0 Å². The Kier molecular flexibility index (Phi) is 6.18. The number of benzene rings is 2. The molecule has 0 fully saturated rings. The molecule has 9 nitrogen and oxygen atoms in total. The number of amides is 1. The summed E-state index contributed by atoms with van der Waals surface area (Å²) in [6.45, 7) is 4.00. The maximum Gasteiger partial charge on any atom is 0.278 e. The zero-order chi connectivity index (χ0) is 21.7. The van der Waals surface area contributed by atoms with Crippen LogP contribution in [0.15, 0.2) is 70.6 Å². The summed E-state index contributed by atoms with van der Waals surface area (Å²) in [5.41, 5.74) is 6.68. The lowest BCUT2D eigenvalue weighted by molar-refractivity contribution is -0.385. The normalized spacial score (nSPS) is 11.7. The van der Waals surface area contributed by atoms with E-state index in [4.69, 9.17) is 5.73 Å². The molecule has 0 saturated carbocycles. The zero-order valence-electron chi connectivity index (χ0n) is 15.6. The van der Waals surface area contributed by atoms with Crippen LogP contribution in [0.5, 0.6) is 5.75 Å². The van der Waals surface area contributed by atoms with Gasteiger partial charge in [-0.3, -0.25) is 19.9 Å². The fraction of sp³-hybridized carbons (Fsp3) is 0.0500. The Balaban J connectivity index is 2.16. The van der Waals surface area contributed by atoms with Crippen LogP contribution in [0, 0.1) is 10.1 Å². The number of nitro groups is 1. The van der Waals surface area contributed by atoms with Crippen molar-refractivity contribution in [2.24, 2.45) is 15.8 Å². The van der Waals surface area contributed by atoms with Crippen molar-refractivity contribution >= 4 is 29.1 Å². The van der Waals surface area contributed by atoms with Gasteiger partial charge in [0.25, 0.3) is 11.6 Å². The second-order valence-electron chi connectivity index (χ2n) is 6.00. The van der Waals surface area contributed by atoms with E-state index in [1.807, 2.05) is 0 Å². The molecule has 0 aliphatic rings. The Bertz CT molecular complexity index is 1230. The third-order valence-electron chi connectivity index (χ3n) is 4.04. The van der Waals surface area contributed by atoms with Gasteiger partial charge in [0.1, 0.15) is 5.75 Å². The molecule has 0 atom stereocenters. The molecular formula is C20H17N5O4S. The summed E-state index contributed by atoms with van der Waals surface area (Å²) >= 11 is 1.30.